The number of carbonyl (C=O) groups excluding carboxylic acids is 1. The number of benzene rings is 2. The number of halogens is 2. The maximum Gasteiger partial charge on any atom is 0.257 e. The number of amides is 1. The second-order valence-corrected chi connectivity index (χ2v) is 5.40. The van der Waals surface area contributed by atoms with E-state index in [4.69, 9.17) is 0 Å². The number of carbonyl (C=O) groups is 1. The Labute approximate surface area is 134 Å². The van der Waals surface area contributed by atoms with Crippen LogP contribution in [0.5, 0.6) is 0 Å². The molecule has 110 valence electrons. The van der Waals surface area contributed by atoms with Crippen molar-refractivity contribution < 1.29 is 9.18 Å². The molecular formula is C16H11BrFN3O. The fraction of sp³-hybridized carbons (Fsp3) is 0. The molecule has 0 fully saturated rings. The zero-order chi connectivity index (χ0) is 15.5. The van der Waals surface area contributed by atoms with Gasteiger partial charge in [0.15, 0.2) is 0 Å². The lowest BCUT2D eigenvalue weighted by atomic mass is 10.1. The molecule has 0 bridgehead atoms. The Bertz CT molecular complexity index is 818. The first kappa shape index (κ1) is 14.5. The van der Waals surface area contributed by atoms with Crippen LogP contribution in [0.4, 0.5) is 10.1 Å². The summed E-state index contributed by atoms with van der Waals surface area (Å²) in [7, 11) is 0. The number of hydrogen-bond acceptors (Lipinski definition) is 2. The topological polar surface area (TPSA) is 46.9 Å². The normalized spacial score (nSPS) is 10.5. The summed E-state index contributed by atoms with van der Waals surface area (Å²) in [6.45, 7) is 0. The van der Waals surface area contributed by atoms with Gasteiger partial charge in [-0.1, -0.05) is 12.1 Å². The lowest BCUT2D eigenvalue weighted by Gasteiger charge is -2.11. The Hall–Kier alpha value is -2.47. The van der Waals surface area contributed by atoms with Crippen molar-refractivity contribution in [1.29, 1.82) is 0 Å². The molecule has 0 saturated carbocycles. The van der Waals surface area contributed by atoms with E-state index in [1.165, 1.54) is 18.2 Å². The summed E-state index contributed by atoms with van der Waals surface area (Å²) in [5.74, 6) is -0.666. The van der Waals surface area contributed by atoms with Gasteiger partial charge in [-0.15, -0.1) is 0 Å². The Morgan fingerprint density at radius 3 is 2.73 bits per heavy atom. The minimum atomic E-state index is -0.373. The molecule has 1 aromatic heterocycles. The lowest BCUT2D eigenvalue weighted by molar-refractivity contribution is 0.102. The number of aromatic nitrogens is 2. The highest BCUT2D eigenvalue weighted by atomic mass is 79.9. The standard InChI is InChI=1S/C16H11BrFN3O/c17-13-10-11(18)6-7-14(13)20-16(22)12-4-1-2-5-15(12)21-9-3-8-19-21/h1-10H,(H,20,22). The van der Waals surface area contributed by atoms with Crippen molar-refractivity contribution in [2.75, 3.05) is 5.32 Å². The van der Waals surface area contributed by atoms with Gasteiger partial charge in [-0.3, -0.25) is 4.79 Å². The van der Waals surface area contributed by atoms with Gasteiger partial charge in [0.05, 0.1) is 16.9 Å². The molecule has 22 heavy (non-hydrogen) atoms. The molecule has 6 heteroatoms. The molecule has 0 aliphatic carbocycles. The van der Waals surface area contributed by atoms with Crippen LogP contribution in [0.2, 0.25) is 0 Å². The first-order valence-electron chi connectivity index (χ1n) is 6.50. The molecule has 0 radical (unpaired) electrons. The van der Waals surface area contributed by atoms with Gasteiger partial charge in [-0.05, 0) is 52.3 Å². The van der Waals surface area contributed by atoms with E-state index >= 15 is 0 Å². The highest BCUT2D eigenvalue weighted by Crippen LogP contribution is 2.24. The number of nitrogens with zero attached hydrogens (tertiary/aromatic N) is 2. The third-order valence-corrected chi connectivity index (χ3v) is 3.74. The van der Waals surface area contributed by atoms with Crippen LogP contribution in [0.15, 0.2) is 65.4 Å². The first-order valence-corrected chi connectivity index (χ1v) is 7.30. The van der Waals surface area contributed by atoms with Crippen molar-refractivity contribution in [2.24, 2.45) is 0 Å². The van der Waals surface area contributed by atoms with Crippen molar-refractivity contribution in [3.05, 3.63) is 76.8 Å². The van der Waals surface area contributed by atoms with Gasteiger partial charge in [0.2, 0.25) is 0 Å². The number of para-hydroxylation sites is 1. The smallest absolute Gasteiger partial charge is 0.257 e. The third kappa shape index (κ3) is 2.92. The number of rotatable bonds is 3. The van der Waals surface area contributed by atoms with Crippen LogP contribution < -0.4 is 5.32 Å². The highest BCUT2D eigenvalue weighted by Gasteiger charge is 2.14. The van der Waals surface area contributed by atoms with Gasteiger partial charge in [0.25, 0.3) is 5.91 Å². The predicted octanol–water partition coefficient (Wildman–Crippen LogP) is 4.03. The largest absolute Gasteiger partial charge is 0.321 e. The Morgan fingerprint density at radius 1 is 1.18 bits per heavy atom. The van der Waals surface area contributed by atoms with E-state index in [-0.39, 0.29) is 11.7 Å². The molecule has 0 unspecified atom stereocenters. The van der Waals surface area contributed by atoms with Crippen LogP contribution in [0.25, 0.3) is 5.69 Å². The molecule has 1 N–H and O–H groups in total. The van der Waals surface area contributed by atoms with Crippen molar-refractivity contribution >= 4 is 27.5 Å². The van der Waals surface area contributed by atoms with Crippen LogP contribution in [0.3, 0.4) is 0 Å². The van der Waals surface area contributed by atoms with Gasteiger partial charge in [-0.25, -0.2) is 9.07 Å². The Kier molecular flexibility index (Phi) is 4.02. The van der Waals surface area contributed by atoms with Crippen LogP contribution in [-0.4, -0.2) is 15.7 Å². The van der Waals surface area contributed by atoms with E-state index in [0.717, 1.165) is 0 Å². The van der Waals surface area contributed by atoms with Gasteiger partial charge in [0, 0.05) is 16.9 Å². The predicted molar refractivity (Wildman–Crippen MR) is 85.6 cm³/mol. The molecule has 0 atom stereocenters. The SMILES string of the molecule is O=C(Nc1ccc(F)cc1Br)c1ccccc1-n1cccn1. The molecule has 0 saturated heterocycles. The molecule has 1 amide bonds. The minimum Gasteiger partial charge on any atom is -0.321 e. The van der Waals surface area contributed by atoms with Gasteiger partial charge in [-0.2, -0.15) is 5.10 Å². The summed E-state index contributed by atoms with van der Waals surface area (Å²) < 4.78 is 15.2. The first-order chi connectivity index (χ1) is 10.6. The molecule has 3 rings (SSSR count). The second kappa shape index (κ2) is 6.11. The van der Waals surface area contributed by atoms with Gasteiger partial charge < -0.3 is 5.32 Å². The number of hydrogen-bond donors (Lipinski definition) is 1. The Morgan fingerprint density at radius 2 is 2.00 bits per heavy atom. The van der Waals surface area contributed by atoms with E-state index in [0.29, 0.717) is 21.4 Å². The maximum atomic E-state index is 13.1. The van der Waals surface area contributed by atoms with E-state index in [9.17, 15) is 9.18 Å². The maximum absolute atomic E-state index is 13.1. The van der Waals surface area contributed by atoms with Crippen LogP contribution in [0, 0.1) is 5.82 Å². The average Bonchev–Trinajstić information content (AvgIpc) is 3.04. The van der Waals surface area contributed by atoms with Crippen molar-refractivity contribution in [1.82, 2.24) is 9.78 Å². The average molecular weight is 360 g/mol. The summed E-state index contributed by atoms with van der Waals surface area (Å²) in [4.78, 5) is 12.5. The third-order valence-electron chi connectivity index (χ3n) is 3.08. The molecule has 0 aliphatic heterocycles. The Balaban J connectivity index is 1.93. The molecular weight excluding hydrogens is 349 g/mol. The summed E-state index contributed by atoms with van der Waals surface area (Å²) in [5.41, 5.74) is 1.65. The van der Waals surface area contributed by atoms with Crippen LogP contribution in [0.1, 0.15) is 10.4 Å². The minimum absolute atomic E-state index is 0.293. The van der Waals surface area contributed by atoms with Gasteiger partial charge >= 0.3 is 0 Å². The summed E-state index contributed by atoms with van der Waals surface area (Å²) >= 11 is 3.23. The monoisotopic (exact) mass is 359 g/mol. The molecule has 0 spiro atoms. The van der Waals surface area contributed by atoms with Crippen molar-refractivity contribution in [3.8, 4) is 5.69 Å². The molecule has 3 aromatic rings. The highest BCUT2D eigenvalue weighted by molar-refractivity contribution is 9.10. The zero-order valence-electron chi connectivity index (χ0n) is 11.3. The quantitative estimate of drug-likeness (QED) is 0.767. The molecule has 4 nitrogen and oxygen atoms in total. The van der Waals surface area contributed by atoms with Crippen LogP contribution >= 0.6 is 15.9 Å². The lowest BCUT2D eigenvalue weighted by Crippen LogP contribution is -2.15. The summed E-state index contributed by atoms with van der Waals surface area (Å²) in [6.07, 6.45) is 3.41. The van der Waals surface area contributed by atoms with E-state index in [2.05, 4.69) is 26.3 Å². The molecule has 0 aliphatic rings. The van der Waals surface area contributed by atoms with E-state index < -0.39 is 0 Å². The van der Waals surface area contributed by atoms with Crippen LogP contribution in [-0.2, 0) is 0 Å². The van der Waals surface area contributed by atoms with Gasteiger partial charge in [0.1, 0.15) is 5.82 Å². The zero-order valence-corrected chi connectivity index (χ0v) is 12.9. The fourth-order valence-corrected chi connectivity index (χ4v) is 2.51. The van der Waals surface area contributed by atoms with Crippen molar-refractivity contribution in [2.45, 2.75) is 0 Å². The summed E-state index contributed by atoms with van der Waals surface area (Å²) in [5, 5.41) is 6.91. The molecule has 2 aromatic carbocycles. The van der Waals surface area contributed by atoms with E-state index in [1.807, 2.05) is 12.1 Å². The second-order valence-electron chi connectivity index (χ2n) is 4.55. The van der Waals surface area contributed by atoms with Crippen molar-refractivity contribution in [3.63, 3.8) is 0 Å². The van der Waals surface area contributed by atoms with E-state index in [1.54, 1.807) is 35.3 Å². The summed E-state index contributed by atoms with van der Waals surface area (Å²) in [6, 6.07) is 13.0. The number of nitrogens with one attached hydrogen (secondary N) is 1. The number of anilines is 1. The fourth-order valence-electron chi connectivity index (χ4n) is 2.06. The molecule has 1 heterocycles.